The molecule has 0 aliphatic carbocycles. The Bertz CT molecular complexity index is 523. The van der Waals surface area contributed by atoms with Crippen molar-refractivity contribution in [1.82, 2.24) is 0 Å². The first-order valence-electron chi connectivity index (χ1n) is 5.59. The van der Waals surface area contributed by atoms with Gasteiger partial charge in [0.15, 0.2) is 0 Å². The summed E-state index contributed by atoms with van der Waals surface area (Å²) < 4.78 is 5.47. The summed E-state index contributed by atoms with van der Waals surface area (Å²) in [5.74, 6) is 0.769. The van der Waals surface area contributed by atoms with Crippen LogP contribution in [-0.4, -0.2) is 6.61 Å². The van der Waals surface area contributed by atoms with Gasteiger partial charge in [0.1, 0.15) is 5.75 Å². The summed E-state index contributed by atoms with van der Waals surface area (Å²) in [7, 11) is 0. The standard InChI is InChI=1S/C14H16N2O/c1-2-17-12-8-10(7-11(15)9-12)13-5-3-4-6-14(13)16/h3-9H,2,15-16H2,1H3. The van der Waals surface area contributed by atoms with Crippen LogP contribution in [-0.2, 0) is 0 Å². The molecule has 0 aliphatic rings. The fraction of sp³-hybridized carbons (Fsp3) is 0.143. The highest BCUT2D eigenvalue weighted by molar-refractivity contribution is 5.79. The minimum absolute atomic E-state index is 0.618. The maximum absolute atomic E-state index is 5.95. The number of para-hydroxylation sites is 1. The molecule has 0 fully saturated rings. The van der Waals surface area contributed by atoms with Crippen molar-refractivity contribution >= 4 is 11.4 Å². The first-order valence-corrected chi connectivity index (χ1v) is 5.59. The third-order valence-corrected chi connectivity index (χ3v) is 2.51. The second kappa shape index (κ2) is 4.78. The molecule has 0 spiro atoms. The Morgan fingerprint density at radius 3 is 2.53 bits per heavy atom. The number of benzene rings is 2. The van der Waals surface area contributed by atoms with Gasteiger partial charge in [-0.1, -0.05) is 18.2 Å². The van der Waals surface area contributed by atoms with E-state index in [9.17, 15) is 0 Å². The molecular formula is C14H16N2O. The second-order valence-corrected chi connectivity index (χ2v) is 3.81. The predicted molar refractivity (Wildman–Crippen MR) is 71.9 cm³/mol. The molecule has 0 aliphatic heterocycles. The van der Waals surface area contributed by atoms with Gasteiger partial charge in [-0.25, -0.2) is 0 Å². The van der Waals surface area contributed by atoms with Crippen molar-refractivity contribution in [1.29, 1.82) is 0 Å². The van der Waals surface area contributed by atoms with Gasteiger partial charge in [-0.15, -0.1) is 0 Å². The molecular weight excluding hydrogens is 212 g/mol. The SMILES string of the molecule is CCOc1cc(N)cc(-c2ccccc2N)c1. The fourth-order valence-corrected chi connectivity index (χ4v) is 1.79. The first-order chi connectivity index (χ1) is 8.20. The van der Waals surface area contributed by atoms with Crippen molar-refractivity contribution in [3.8, 4) is 16.9 Å². The number of rotatable bonds is 3. The Labute approximate surface area is 101 Å². The van der Waals surface area contributed by atoms with E-state index < -0.39 is 0 Å². The zero-order valence-electron chi connectivity index (χ0n) is 9.81. The average molecular weight is 228 g/mol. The molecule has 2 aromatic rings. The van der Waals surface area contributed by atoms with Crippen molar-refractivity contribution < 1.29 is 4.74 Å². The highest BCUT2D eigenvalue weighted by Crippen LogP contribution is 2.30. The van der Waals surface area contributed by atoms with Gasteiger partial charge in [0, 0.05) is 23.0 Å². The molecule has 88 valence electrons. The van der Waals surface area contributed by atoms with E-state index in [0.29, 0.717) is 12.3 Å². The Morgan fingerprint density at radius 2 is 1.82 bits per heavy atom. The average Bonchev–Trinajstić information content (AvgIpc) is 2.29. The van der Waals surface area contributed by atoms with Gasteiger partial charge in [-0.2, -0.15) is 0 Å². The van der Waals surface area contributed by atoms with Crippen LogP contribution in [0.3, 0.4) is 0 Å². The largest absolute Gasteiger partial charge is 0.494 e. The summed E-state index contributed by atoms with van der Waals surface area (Å²) >= 11 is 0. The van der Waals surface area contributed by atoms with E-state index in [-0.39, 0.29) is 0 Å². The zero-order valence-corrected chi connectivity index (χ0v) is 9.81. The molecule has 0 atom stereocenters. The summed E-state index contributed by atoms with van der Waals surface area (Å²) in [6, 6.07) is 13.4. The lowest BCUT2D eigenvalue weighted by Gasteiger charge is -2.10. The first kappa shape index (κ1) is 11.3. The summed E-state index contributed by atoms with van der Waals surface area (Å²) in [6.07, 6.45) is 0. The number of nitrogens with two attached hydrogens (primary N) is 2. The third-order valence-electron chi connectivity index (χ3n) is 2.51. The lowest BCUT2D eigenvalue weighted by molar-refractivity contribution is 0.340. The van der Waals surface area contributed by atoms with Crippen LogP contribution in [0, 0.1) is 0 Å². The van der Waals surface area contributed by atoms with E-state index in [4.69, 9.17) is 16.2 Å². The maximum atomic E-state index is 5.95. The Hall–Kier alpha value is -2.16. The minimum Gasteiger partial charge on any atom is -0.494 e. The van der Waals surface area contributed by atoms with Crippen molar-refractivity contribution in [3.63, 3.8) is 0 Å². The molecule has 0 saturated carbocycles. The normalized spacial score (nSPS) is 10.2. The molecule has 2 rings (SSSR count). The number of hydrogen-bond acceptors (Lipinski definition) is 3. The van der Waals surface area contributed by atoms with E-state index >= 15 is 0 Å². The molecule has 17 heavy (non-hydrogen) atoms. The lowest BCUT2D eigenvalue weighted by Crippen LogP contribution is -1.95. The van der Waals surface area contributed by atoms with Gasteiger partial charge in [-0.3, -0.25) is 0 Å². The van der Waals surface area contributed by atoms with Crippen molar-refractivity contribution in [2.24, 2.45) is 0 Å². The van der Waals surface area contributed by atoms with E-state index in [1.807, 2.05) is 49.4 Å². The van der Waals surface area contributed by atoms with Gasteiger partial charge < -0.3 is 16.2 Å². The van der Waals surface area contributed by atoms with Crippen LogP contribution in [0.25, 0.3) is 11.1 Å². The van der Waals surface area contributed by atoms with Gasteiger partial charge in [0.05, 0.1) is 6.61 Å². The van der Waals surface area contributed by atoms with Crippen LogP contribution in [0.5, 0.6) is 5.75 Å². The highest BCUT2D eigenvalue weighted by Gasteiger charge is 2.05. The van der Waals surface area contributed by atoms with Crippen LogP contribution >= 0.6 is 0 Å². The fourth-order valence-electron chi connectivity index (χ4n) is 1.79. The molecule has 0 unspecified atom stereocenters. The number of hydrogen-bond donors (Lipinski definition) is 2. The molecule has 3 heteroatoms. The summed E-state index contributed by atoms with van der Waals surface area (Å²) in [5.41, 5.74) is 15.2. The summed E-state index contributed by atoms with van der Waals surface area (Å²) in [5, 5.41) is 0. The molecule has 0 saturated heterocycles. The van der Waals surface area contributed by atoms with E-state index in [1.54, 1.807) is 0 Å². The topological polar surface area (TPSA) is 61.3 Å². The molecule has 0 aromatic heterocycles. The molecule has 0 radical (unpaired) electrons. The number of nitrogen functional groups attached to an aromatic ring is 2. The van der Waals surface area contributed by atoms with E-state index in [0.717, 1.165) is 22.6 Å². The number of ether oxygens (including phenoxy) is 1. The Kier molecular flexibility index (Phi) is 3.19. The lowest BCUT2D eigenvalue weighted by atomic mass is 10.0. The van der Waals surface area contributed by atoms with Gasteiger partial charge >= 0.3 is 0 Å². The monoisotopic (exact) mass is 228 g/mol. The minimum atomic E-state index is 0.618. The predicted octanol–water partition coefficient (Wildman–Crippen LogP) is 2.92. The molecule has 0 heterocycles. The Balaban J connectivity index is 2.48. The van der Waals surface area contributed by atoms with Gasteiger partial charge in [0.25, 0.3) is 0 Å². The maximum Gasteiger partial charge on any atom is 0.121 e. The molecule has 4 N–H and O–H groups in total. The smallest absolute Gasteiger partial charge is 0.121 e. The summed E-state index contributed by atoms with van der Waals surface area (Å²) in [6.45, 7) is 2.56. The van der Waals surface area contributed by atoms with Crippen molar-refractivity contribution in [2.75, 3.05) is 18.1 Å². The molecule has 2 aromatic carbocycles. The van der Waals surface area contributed by atoms with Crippen LogP contribution in [0.4, 0.5) is 11.4 Å². The van der Waals surface area contributed by atoms with Crippen molar-refractivity contribution in [3.05, 3.63) is 42.5 Å². The van der Waals surface area contributed by atoms with Crippen LogP contribution < -0.4 is 16.2 Å². The van der Waals surface area contributed by atoms with E-state index in [2.05, 4.69) is 0 Å². The van der Waals surface area contributed by atoms with Gasteiger partial charge in [-0.05, 0) is 30.7 Å². The number of anilines is 2. The molecule has 3 nitrogen and oxygen atoms in total. The quantitative estimate of drug-likeness (QED) is 0.794. The highest BCUT2D eigenvalue weighted by atomic mass is 16.5. The molecule has 0 bridgehead atoms. The van der Waals surface area contributed by atoms with E-state index in [1.165, 1.54) is 0 Å². The van der Waals surface area contributed by atoms with Crippen LogP contribution in [0.1, 0.15) is 6.92 Å². The van der Waals surface area contributed by atoms with Crippen LogP contribution in [0.15, 0.2) is 42.5 Å². The molecule has 0 amide bonds. The second-order valence-electron chi connectivity index (χ2n) is 3.81. The van der Waals surface area contributed by atoms with Gasteiger partial charge in [0.2, 0.25) is 0 Å². The van der Waals surface area contributed by atoms with Crippen LogP contribution in [0.2, 0.25) is 0 Å². The van der Waals surface area contributed by atoms with Crippen molar-refractivity contribution in [2.45, 2.75) is 6.92 Å². The Morgan fingerprint density at radius 1 is 1.06 bits per heavy atom. The zero-order chi connectivity index (χ0) is 12.3. The summed E-state index contributed by atoms with van der Waals surface area (Å²) in [4.78, 5) is 0. The third kappa shape index (κ3) is 2.50.